The van der Waals surface area contributed by atoms with E-state index in [4.69, 9.17) is 0 Å². The largest absolute Gasteiger partial charge is 0.146 e. The summed E-state index contributed by atoms with van der Waals surface area (Å²) in [7, 11) is 0. The van der Waals surface area contributed by atoms with Gasteiger partial charge >= 0.3 is 0 Å². The maximum Gasteiger partial charge on any atom is 0.146 e. The molecule has 0 bridgehead atoms. The van der Waals surface area contributed by atoms with Crippen molar-refractivity contribution in [2.45, 2.75) is 102 Å². The fraction of sp³-hybridized carbons (Fsp3) is 1.00. The zero-order chi connectivity index (χ0) is 12.8. The molecule has 2 aliphatic rings. The minimum Gasteiger partial charge on any atom is -0.0735 e. The highest BCUT2D eigenvalue weighted by molar-refractivity contribution is 6.62. The van der Waals surface area contributed by atoms with E-state index in [0.29, 0.717) is 0 Å². The van der Waals surface area contributed by atoms with Crippen LogP contribution in [0.15, 0.2) is 0 Å². The molecule has 0 saturated heterocycles. The van der Waals surface area contributed by atoms with Crippen LogP contribution in [0.4, 0.5) is 0 Å². The standard InChI is InChI=1S/C17H33B/c1-15(2)13-14-18(16-9-5-3-6-10-16)17-11-7-4-8-12-17/h15-17H,3-14H2,1-2H3. The molecule has 0 aromatic carbocycles. The Morgan fingerprint density at radius 3 is 1.61 bits per heavy atom. The maximum absolute atomic E-state index is 2.40. The van der Waals surface area contributed by atoms with E-state index in [1.54, 1.807) is 25.7 Å². The molecule has 0 nitrogen and oxygen atoms in total. The highest BCUT2D eigenvalue weighted by Gasteiger charge is 2.33. The van der Waals surface area contributed by atoms with E-state index in [1.807, 2.05) is 0 Å². The van der Waals surface area contributed by atoms with Gasteiger partial charge in [0.25, 0.3) is 0 Å². The predicted molar refractivity (Wildman–Crippen MR) is 83.7 cm³/mol. The highest BCUT2D eigenvalue weighted by atomic mass is 14.2. The van der Waals surface area contributed by atoms with Gasteiger partial charge in [0.15, 0.2) is 0 Å². The fourth-order valence-electron chi connectivity index (χ4n) is 4.51. The van der Waals surface area contributed by atoms with Gasteiger partial charge in [-0.25, -0.2) is 0 Å². The Hall–Kier alpha value is 0.0649. The zero-order valence-electron chi connectivity index (χ0n) is 12.8. The van der Waals surface area contributed by atoms with Crippen LogP contribution in [0.3, 0.4) is 0 Å². The summed E-state index contributed by atoms with van der Waals surface area (Å²) in [5.41, 5.74) is 0. The Morgan fingerprint density at radius 2 is 1.22 bits per heavy atom. The minimum absolute atomic E-state index is 0.902. The van der Waals surface area contributed by atoms with Gasteiger partial charge in [0.05, 0.1) is 0 Å². The average Bonchev–Trinajstić information content (AvgIpc) is 2.41. The molecule has 2 saturated carbocycles. The monoisotopic (exact) mass is 248 g/mol. The summed E-state index contributed by atoms with van der Waals surface area (Å²) in [5, 5.41) is 0. The van der Waals surface area contributed by atoms with Crippen LogP contribution >= 0.6 is 0 Å². The summed E-state index contributed by atoms with van der Waals surface area (Å²) in [4.78, 5) is 0. The van der Waals surface area contributed by atoms with Crippen LogP contribution in [0.25, 0.3) is 0 Å². The summed E-state index contributed by atoms with van der Waals surface area (Å²) in [6.45, 7) is 5.89. The molecule has 0 amide bonds. The molecule has 0 unspecified atom stereocenters. The second-order valence-electron chi connectivity index (χ2n) is 7.43. The van der Waals surface area contributed by atoms with Crippen LogP contribution in [0.2, 0.25) is 18.0 Å². The topological polar surface area (TPSA) is 0 Å². The van der Waals surface area contributed by atoms with E-state index in [0.717, 1.165) is 24.3 Å². The first kappa shape index (κ1) is 14.5. The summed E-state index contributed by atoms with van der Waals surface area (Å²) >= 11 is 0. The molecule has 0 N–H and O–H groups in total. The van der Waals surface area contributed by atoms with Crippen LogP contribution in [-0.4, -0.2) is 6.71 Å². The van der Waals surface area contributed by atoms with E-state index in [-0.39, 0.29) is 0 Å². The molecular formula is C17H33B. The molecule has 104 valence electrons. The molecule has 0 spiro atoms. The van der Waals surface area contributed by atoms with Crippen LogP contribution in [0.1, 0.15) is 84.5 Å². The first-order valence-corrected chi connectivity index (χ1v) is 8.77. The molecular weight excluding hydrogens is 215 g/mol. The van der Waals surface area contributed by atoms with Crippen molar-refractivity contribution >= 4 is 6.71 Å². The molecule has 0 aromatic rings. The average molecular weight is 248 g/mol. The van der Waals surface area contributed by atoms with Gasteiger partial charge in [-0.15, -0.1) is 0 Å². The van der Waals surface area contributed by atoms with Crippen LogP contribution in [0, 0.1) is 5.92 Å². The second-order valence-corrected chi connectivity index (χ2v) is 7.43. The van der Waals surface area contributed by atoms with Gasteiger partial charge in [-0.05, 0) is 5.92 Å². The first-order valence-electron chi connectivity index (χ1n) is 8.77. The lowest BCUT2D eigenvalue weighted by Gasteiger charge is -2.36. The molecule has 0 aromatic heterocycles. The Bertz CT molecular complexity index is 194. The Balaban J connectivity index is 1.91. The fourth-order valence-corrected chi connectivity index (χ4v) is 4.51. The third-order valence-electron chi connectivity index (χ3n) is 5.59. The number of hydrogen-bond donors (Lipinski definition) is 0. The van der Waals surface area contributed by atoms with Gasteiger partial charge < -0.3 is 0 Å². The van der Waals surface area contributed by atoms with Gasteiger partial charge in [-0.2, -0.15) is 0 Å². The van der Waals surface area contributed by atoms with Crippen molar-refractivity contribution in [2.75, 3.05) is 0 Å². The smallest absolute Gasteiger partial charge is 0.0735 e. The third-order valence-corrected chi connectivity index (χ3v) is 5.59. The Labute approximate surface area is 115 Å². The van der Waals surface area contributed by atoms with Crippen molar-refractivity contribution in [3.8, 4) is 0 Å². The van der Waals surface area contributed by atoms with Crippen LogP contribution < -0.4 is 0 Å². The number of rotatable bonds is 5. The molecule has 0 atom stereocenters. The van der Waals surface area contributed by atoms with E-state index < -0.39 is 0 Å². The zero-order valence-corrected chi connectivity index (χ0v) is 12.8. The minimum atomic E-state index is 0.902. The highest BCUT2D eigenvalue weighted by Crippen LogP contribution is 2.43. The third kappa shape index (κ3) is 4.32. The maximum atomic E-state index is 2.40. The van der Waals surface area contributed by atoms with Crippen molar-refractivity contribution in [2.24, 2.45) is 5.92 Å². The van der Waals surface area contributed by atoms with Gasteiger partial charge in [-0.3, -0.25) is 0 Å². The van der Waals surface area contributed by atoms with Crippen LogP contribution in [0.5, 0.6) is 0 Å². The number of hydrogen-bond acceptors (Lipinski definition) is 0. The molecule has 2 fully saturated rings. The second kappa shape index (κ2) is 7.60. The lowest BCUT2D eigenvalue weighted by molar-refractivity contribution is 0.456. The molecule has 2 aliphatic carbocycles. The molecule has 0 aliphatic heterocycles. The predicted octanol–water partition coefficient (Wildman–Crippen LogP) is 6.20. The summed E-state index contributed by atoms with van der Waals surface area (Å²) in [6, 6.07) is 0. The quantitative estimate of drug-likeness (QED) is 0.508. The normalized spacial score (nSPS) is 23.5. The van der Waals surface area contributed by atoms with Crippen molar-refractivity contribution < 1.29 is 0 Å². The van der Waals surface area contributed by atoms with Crippen molar-refractivity contribution in [3.05, 3.63) is 0 Å². The van der Waals surface area contributed by atoms with Gasteiger partial charge in [0, 0.05) is 0 Å². The van der Waals surface area contributed by atoms with Gasteiger partial charge in [0.2, 0.25) is 0 Å². The van der Waals surface area contributed by atoms with Gasteiger partial charge in [-0.1, -0.05) is 102 Å². The SMILES string of the molecule is CC(C)CCB(C1CCCCC1)C1CCCCC1. The lowest BCUT2D eigenvalue weighted by Crippen LogP contribution is -2.30. The summed E-state index contributed by atoms with van der Waals surface area (Å²) < 4.78 is 0. The molecule has 18 heavy (non-hydrogen) atoms. The first-order chi connectivity index (χ1) is 8.77. The van der Waals surface area contributed by atoms with Gasteiger partial charge in [0.1, 0.15) is 6.71 Å². The van der Waals surface area contributed by atoms with Crippen molar-refractivity contribution in [1.82, 2.24) is 0 Å². The van der Waals surface area contributed by atoms with E-state index >= 15 is 0 Å². The van der Waals surface area contributed by atoms with E-state index in [1.165, 1.54) is 51.3 Å². The van der Waals surface area contributed by atoms with Crippen molar-refractivity contribution in [3.63, 3.8) is 0 Å². The Morgan fingerprint density at radius 1 is 0.778 bits per heavy atom. The summed E-state index contributed by atoms with van der Waals surface area (Å²) in [5.74, 6) is 3.10. The van der Waals surface area contributed by atoms with E-state index in [2.05, 4.69) is 13.8 Å². The molecule has 2 rings (SSSR count). The van der Waals surface area contributed by atoms with Crippen molar-refractivity contribution in [1.29, 1.82) is 0 Å². The molecule has 0 heterocycles. The molecule has 0 radical (unpaired) electrons. The Kier molecular flexibility index (Phi) is 6.11. The van der Waals surface area contributed by atoms with E-state index in [9.17, 15) is 0 Å². The molecule has 1 heteroatoms. The lowest BCUT2D eigenvalue weighted by atomic mass is 9.28. The van der Waals surface area contributed by atoms with Crippen LogP contribution in [-0.2, 0) is 0 Å². The summed E-state index contributed by atoms with van der Waals surface area (Å²) in [6.07, 6.45) is 18.3.